The molecule has 3 rings (SSSR count). The quantitative estimate of drug-likeness (QED) is 0.862. The molecule has 1 amide bonds. The number of piperazine rings is 1. The highest BCUT2D eigenvalue weighted by molar-refractivity contribution is 5.94. The van der Waals surface area contributed by atoms with Crippen molar-refractivity contribution < 1.29 is 9.32 Å². The fourth-order valence-corrected chi connectivity index (χ4v) is 2.69. The number of amides is 1. The van der Waals surface area contributed by atoms with Crippen molar-refractivity contribution in [3.8, 4) is 0 Å². The molecule has 0 spiro atoms. The lowest BCUT2D eigenvalue weighted by Gasteiger charge is -2.34. The van der Waals surface area contributed by atoms with E-state index in [1.807, 2.05) is 30.9 Å². The first-order valence-corrected chi connectivity index (χ1v) is 7.48. The van der Waals surface area contributed by atoms with Crippen molar-refractivity contribution in [2.45, 2.75) is 20.4 Å². The summed E-state index contributed by atoms with van der Waals surface area (Å²) < 4.78 is 5.09. The zero-order valence-corrected chi connectivity index (χ0v) is 13.0. The highest BCUT2D eigenvalue weighted by Crippen LogP contribution is 2.12. The minimum atomic E-state index is 0.0856. The van der Waals surface area contributed by atoms with Crippen LogP contribution in [0.5, 0.6) is 0 Å². The minimum Gasteiger partial charge on any atom is -0.361 e. The maximum absolute atomic E-state index is 12.5. The molecule has 1 saturated heterocycles. The van der Waals surface area contributed by atoms with Crippen LogP contribution in [0.15, 0.2) is 28.9 Å². The van der Waals surface area contributed by atoms with E-state index in [0.29, 0.717) is 5.56 Å². The molecule has 116 valence electrons. The molecule has 1 fully saturated rings. The summed E-state index contributed by atoms with van der Waals surface area (Å²) >= 11 is 0. The number of carbonyl (C=O) groups is 1. The first kappa shape index (κ1) is 14.7. The molecule has 2 aromatic rings. The molecule has 6 nitrogen and oxygen atoms in total. The Morgan fingerprint density at radius 2 is 2.00 bits per heavy atom. The SMILES string of the molecule is Cc1cc(C(=O)N2CCN(Cc3cc(C)on3)CC2)ccn1. The Bertz CT molecular complexity index is 660. The van der Waals surface area contributed by atoms with Crippen LogP contribution in [0.2, 0.25) is 0 Å². The highest BCUT2D eigenvalue weighted by atomic mass is 16.5. The number of aromatic nitrogens is 2. The van der Waals surface area contributed by atoms with E-state index in [1.54, 1.807) is 12.3 Å². The predicted octanol–water partition coefficient (Wildman–Crippen LogP) is 1.64. The van der Waals surface area contributed by atoms with E-state index in [4.69, 9.17) is 4.52 Å². The predicted molar refractivity (Wildman–Crippen MR) is 81.4 cm³/mol. The molecule has 1 aliphatic heterocycles. The van der Waals surface area contributed by atoms with Gasteiger partial charge >= 0.3 is 0 Å². The average Bonchev–Trinajstić information content (AvgIpc) is 2.92. The summed E-state index contributed by atoms with van der Waals surface area (Å²) in [6.45, 7) is 7.73. The maximum atomic E-state index is 12.5. The van der Waals surface area contributed by atoms with Gasteiger partial charge in [-0.25, -0.2) is 0 Å². The van der Waals surface area contributed by atoms with Gasteiger partial charge in [-0.05, 0) is 26.0 Å². The average molecular weight is 300 g/mol. The van der Waals surface area contributed by atoms with Crippen LogP contribution in [0.1, 0.15) is 27.5 Å². The monoisotopic (exact) mass is 300 g/mol. The van der Waals surface area contributed by atoms with Gasteiger partial charge in [-0.1, -0.05) is 5.16 Å². The summed E-state index contributed by atoms with van der Waals surface area (Å²) in [7, 11) is 0. The van der Waals surface area contributed by atoms with E-state index < -0.39 is 0 Å². The summed E-state index contributed by atoms with van der Waals surface area (Å²) in [6, 6.07) is 5.57. The molecule has 0 bridgehead atoms. The van der Waals surface area contributed by atoms with Gasteiger partial charge in [0.25, 0.3) is 5.91 Å². The van der Waals surface area contributed by atoms with Crippen LogP contribution >= 0.6 is 0 Å². The molecule has 0 saturated carbocycles. The van der Waals surface area contributed by atoms with Gasteiger partial charge in [0.1, 0.15) is 5.76 Å². The van der Waals surface area contributed by atoms with E-state index in [2.05, 4.69) is 15.0 Å². The molecule has 1 aliphatic rings. The lowest BCUT2D eigenvalue weighted by molar-refractivity contribution is 0.0625. The molecule has 22 heavy (non-hydrogen) atoms. The van der Waals surface area contributed by atoms with Gasteiger partial charge in [0, 0.05) is 56.2 Å². The van der Waals surface area contributed by atoms with Gasteiger partial charge in [-0.3, -0.25) is 14.7 Å². The Morgan fingerprint density at radius 3 is 2.64 bits per heavy atom. The van der Waals surface area contributed by atoms with Crippen LogP contribution in [-0.4, -0.2) is 52.0 Å². The molecule has 3 heterocycles. The number of carbonyl (C=O) groups excluding carboxylic acids is 1. The second-order valence-corrected chi connectivity index (χ2v) is 5.68. The van der Waals surface area contributed by atoms with Crippen LogP contribution in [-0.2, 0) is 6.54 Å². The van der Waals surface area contributed by atoms with Crippen LogP contribution in [0.25, 0.3) is 0 Å². The van der Waals surface area contributed by atoms with Crippen molar-refractivity contribution >= 4 is 5.91 Å². The van der Waals surface area contributed by atoms with Gasteiger partial charge in [-0.15, -0.1) is 0 Å². The van der Waals surface area contributed by atoms with Crippen LogP contribution in [0.4, 0.5) is 0 Å². The van der Waals surface area contributed by atoms with Crippen molar-refractivity contribution in [2.24, 2.45) is 0 Å². The van der Waals surface area contributed by atoms with Gasteiger partial charge in [0.15, 0.2) is 0 Å². The molecular formula is C16H20N4O2. The lowest BCUT2D eigenvalue weighted by atomic mass is 10.2. The van der Waals surface area contributed by atoms with Crippen LogP contribution in [0.3, 0.4) is 0 Å². The largest absolute Gasteiger partial charge is 0.361 e. The van der Waals surface area contributed by atoms with E-state index in [9.17, 15) is 4.79 Å². The first-order valence-electron chi connectivity index (χ1n) is 7.48. The van der Waals surface area contributed by atoms with Gasteiger partial charge in [0.05, 0.1) is 5.69 Å². The fraction of sp³-hybridized carbons (Fsp3) is 0.438. The van der Waals surface area contributed by atoms with E-state index in [0.717, 1.165) is 49.9 Å². The molecule has 6 heteroatoms. The molecule has 0 aliphatic carbocycles. The Kier molecular flexibility index (Phi) is 4.20. The first-order chi connectivity index (χ1) is 10.6. The Balaban J connectivity index is 1.56. The lowest BCUT2D eigenvalue weighted by Crippen LogP contribution is -2.48. The summed E-state index contributed by atoms with van der Waals surface area (Å²) in [5.74, 6) is 0.916. The van der Waals surface area contributed by atoms with Gasteiger partial charge in [0.2, 0.25) is 0 Å². The highest BCUT2D eigenvalue weighted by Gasteiger charge is 2.22. The summed E-state index contributed by atoms with van der Waals surface area (Å²) in [5.41, 5.74) is 2.53. The number of pyridine rings is 1. The second kappa shape index (κ2) is 6.27. The number of nitrogens with zero attached hydrogens (tertiary/aromatic N) is 4. The number of hydrogen-bond acceptors (Lipinski definition) is 5. The normalized spacial score (nSPS) is 16.0. The van der Waals surface area contributed by atoms with Gasteiger partial charge < -0.3 is 9.42 Å². The third-order valence-corrected chi connectivity index (χ3v) is 3.87. The summed E-state index contributed by atoms with van der Waals surface area (Å²) in [6.07, 6.45) is 1.69. The summed E-state index contributed by atoms with van der Waals surface area (Å²) in [4.78, 5) is 20.8. The van der Waals surface area contributed by atoms with Crippen LogP contribution in [0, 0.1) is 13.8 Å². The second-order valence-electron chi connectivity index (χ2n) is 5.68. The van der Waals surface area contributed by atoms with Crippen LogP contribution < -0.4 is 0 Å². The molecule has 2 aromatic heterocycles. The molecule has 0 aromatic carbocycles. The Morgan fingerprint density at radius 1 is 1.23 bits per heavy atom. The van der Waals surface area contributed by atoms with E-state index in [1.165, 1.54) is 0 Å². The Hall–Kier alpha value is -2.21. The smallest absolute Gasteiger partial charge is 0.254 e. The van der Waals surface area contributed by atoms with Crippen molar-refractivity contribution in [1.29, 1.82) is 0 Å². The van der Waals surface area contributed by atoms with Crippen molar-refractivity contribution in [3.63, 3.8) is 0 Å². The summed E-state index contributed by atoms with van der Waals surface area (Å²) in [5, 5.41) is 4.02. The van der Waals surface area contributed by atoms with E-state index in [-0.39, 0.29) is 5.91 Å². The van der Waals surface area contributed by atoms with Crippen molar-refractivity contribution in [3.05, 3.63) is 47.1 Å². The van der Waals surface area contributed by atoms with Crippen molar-refractivity contribution in [1.82, 2.24) is 19.9 Å². The Labute approximate surface area is 129 Å². The maximum Gasteiger partial charge on any atom is 0.254 e. The standard InChI is InChI=1S/C16H20N4O2/c1-12-9-14(3-4-17-12)16(21)20-7-5-19(6-8-20)11-15-10-13(2)22-18-15/h3-4,9-10H,5-8,11H2,1-2H3. The third-order valence-electron chi connectivity index (χ3n) is 3.87. The number of aryl methyl sites for hydroxylation is 2. The van der Waals surface area contributed by atoms with E-state index >= 15 is 0 Å². The molecule has 0 radical (unpaired) electrons. The number of rotatable bonds is 3. The number of hydrogen-bond donors (Lipinski definition) is 0. The molecular weight excluding hydrogens is 280 g/mol. The fourth-order valence-electron chi connectivity index (χ4n) is 2.69. The van der Waals surface area contributed by atoms with Crippen molar-refractivity contribution in [2.75, 3.05) is 26.2 Å². The molecule has 0 unspecified atom stereocenters. The molecule has 0 atom stereocenters. The zero-order valence-electron chi connectivity index (χ0n) is 13.0. The minimum absolute atomic E-state index is 0.0856. The molecule has 0 N–H and O–H groups in total. The zero-order chi connectivity index (χ0) is 15.5. The topological polar surface area (TPSA) is 62.5 Å². The van der Waals surface area contributed by atoms with Gasteiger partial charge in [-0.2, -0.15) is 0 Å². The third kappa shape index (κ3) is 3.33.